The molecule has 2 saturated carbocycles. The van der Waals surface area contributed by atoms with Gasteiger partial charge in [-0.25, -0.2) is 4.98 Å². The van der Waals surface area contributed by atoms with E-state index in [1.165, 1.54) is 12.8 Å². The molecule has 3 aromatic heterocycles. The van der Waals surface area contributed by atoms with Crippen LogP contribution in [0.2, 0.25) is 0 Å². The van der Waals surface area contributed by atoms with Gasteiger partial charge in [-0.3, -0.25) is 4.40 Å². The number of ether oxygens (including phenoxy) is 1. The number of aromatic amines is 1. The molecule has 3 heterocycles. The zero-order valence-electron chi connectivity index (χ0n) is 13.3. The predicted octanol–water partition coefficient (Wildman–Crippen LogP) is 2.91. The Morgan fingerprint density at radius 3 is 3.09 bits per heavy atom. The van der Waals surface area contributed by atoms with E-state index in [-0.39, 0.29) is 0 Å². The summed E-state index contributed by atoms with van der Waals surface area (Å²) in [6.07, 6.45) is 8.93. The largest absolute Gasteiger partial charge is 0.378 e. The van der Waals surface area contributed by atoms with Crippen LogP contribution in [0, 0.1) is 11.8 Å². The quantitative estimate of drug-likeness (QED) is 0.804. The number of nitrogens with zero attached hydrogens (tertiary/aromatic N) is 4. The highest BCUT2D eigenvalue weighted by molar-refractivity contribution is 5.74. The minimum Gasteiger partial charge on any atom is -0.378 e. The average Bonchev–Trinajstić information content (AvgIpc) is 2.96. The summed E-state index contributed by atoms with van der Waals surface area (Å²) < 4.78 is 8.29. The van der Waals surface area contributed by atoms with Crippen molar-refractivity contribution in [3.05, 3.63) is 24.3 Å². The van der Waals surface area contributed by atoms with Crippen LogP contribution in [-0.4, -0.2) is 37.3 Å². The van der Waals surface area contributed by atoms with Crippen LogP contribution in [-0.2, 0) is 4.74 Å². The highest BCUT2D eigenvalue weighted by atomic mass is 16.5. The molecule has 0 spiro atoms. The van der Waals surface area contributed by atoms with Gasteiger partial charge in [-0.1, -0.05) is 6.92 Å². The maximum atomic E-state index is 6.13. The van der Waals surface area contributed by atoms with Gasteiger partial charge >= 0.3 is 0 Å². The lowest BCUT2D eigenvalue weighted by molar-refractivity contribution is 0.0480. The highest BCUT2D eigenvalue weighted by Crippen LogP contribution is 2.41. The normalized spacial score (nSPS) is 28.1. The molecule has 0 aromatic carbocycles. The third-order valence-electron chi connectivity index (χ3n) is 5.40. The Hall–Kier alpha value is -1.95. The monoisotopic (exact) mass is 311 g/mol. The summed E-state index contributed by atoms with van der Waals surface area (Å²) in [5.41, 5.74) is 2.75. The zero-order valence-corrected chi connectivity index (χ0v) is 13.3. The van der Waals surface area contributed by atoms with Crippen LogP contribution < -0.4 is 0 Å². The van der Waals surface area contributed by atoms with Crippen molar-refractivity contribution < 1.29 is 4.74 Å². The van der Waals surface area contributed by atoms with E-state index in [0.29, 0.717) is 17.9 Å². The average molecular weight is 311 g/mol. The Labute approximate surface area is 134 Å². The topological polar surface area (TPSA) is 68.1 Å². The van der Waals surface area contributed by atoms with Crippen LogP contribution in [0.5, 0.6) is 0 Å². The molecule has 0 aliphatic heterocycles. The Morgan fingerprint density at radius 1 is 1.30 bits per heavy atom. The molecule has 0 saturated heterocycles. The molecule has 1 N–H and O–H groups in total. The van der Waals surface area contributed by atoms with Crippen molar-refractivity contribution in [1.29, 1.82) is 0 Å². The first-order valence-corrected chi connectivity index (χ1v) is 8.58. The van der Waals surface area contributed by atoms with Crippen molar-refractivity contribution in [2.24, 2.45) is 11.8 Å². The Bertz CT molecular complexity index is 849. The molecule has 120 valence electrons. The molecule has 2 aliphatic carbocycles. The van der Waals surface area contributed by atoms with Gasteiger partial charge in [0.15, 0.2) is 11.3 Å². The Morgan fingerprint density at radius 2 is 2.22 bits per heavy atom. The molecule has 0 amide bonds. The molecule has 0 radical (unpaired) electrons. The lowest BCUT2D eigenvalue weighted by Crippen LogP contribution is -2.11. The van der Waals surface area contributed by atoms with E-state index in [2.05, 4.69) is 31.5 Å². The lowest BCUT2D eigenvalue weighted by atomic mass is 9.97. The molecule has 3 aromatic rings. The van der Waals surface area contributed by atoms with Crippen LogP contribution >= 0.6 is 0 Å². The van der Waals surface area contributed by atoms with E-state index >= 15 is 0 Å². The maximum Gasteiger partial charge on any atom is 0.179 e. The smallest absolute Gasteiger partial charge is 0.179 e. The third-order valence-corrected chi connectivity index (χ3v) is 5.40. The minimum atomic E-state index is 0.367. The molecule has 0 bridgehead atoms. The standard InChI is InChI=1S/C17H21N5O/c1-10-6-12(23-9-11-2-3-11)7-13(10)17-21-20-15-8-19-16-14(22(15)17)4-5-18-16/h4-5,8,10-13,18H,2-3,6-7,9H2,1H3. The molecule has 6 nitrogen and oxygen atoms in total. The van der Waals surface area contributed by atoms with Crippen molar-refractivity contribution >= 4 is 16.8 Å². The van der Waals surface area contributed by atoms with Crippen LogP contribution in [0.3, 0.4) is 0 Å². The van der Waals surface area contributed by atoms with Gasteiger partial charge in [-0.05, 0) is 43.6 Å². The van der Waals surface area contributed by atoms with Crippen molar-refractivity contribution in [2.45, 2.75) is 44.6 Å². The summed E-state index contributed by atoms with van der Waals surface area (Å²) in [5.74, 6) is 2.84. The summed E-state index contributed by atoms with van der Waals surface area (Å²) in [5, 5.41) is 8.84. The van der Waals surface area contributed by atoms with Gasteiger partial charge in [-0.2, -0.15) is 0 Å². The first kappa shape index (κ1) is 13.5. The fourth-order valence-corrected chi connectivity index (χ4v) is 3.88. The van der Waals surface area contributed by atoms with Gasteiger partial charge in [0.2, 0.25) is 0 Å². The van der Waals surface area contributed by atoms with Gasteiger partial charge in [0, 0.05) is 18.7 Å². The molecular weight excluding hydrogens is 290 g/mol. The van der Waals surface area contributed by atoms with Gasteiger partial charge in [-0.15, -0.1) is 10.2 Å². The second-order valence-electron chi connectivity index (χ2n) is 7.18. The molecule has 2 fully saturated rings. The SMILES string of the molecule is CC1CC(OCC2CC2)CC1c1nnc2cnc3[nH]ccc3n12. The molecule has 5 rings (SSSR count). The summed E-state index contributed by atoms with van der Waals surface area (Å²) in [7, 11) is 0. The number of fused-ring (bicyclic) bond motifs is 3. The van der Waals surface area contributed by atoms with E-state index in [1.54, 1.807) is 6.20 Å². The fourth-order valence-electron chi connectivity index (χ4n) is 3.88. The third kappa shape index (κ3) is 2.24. The molecule has 6 heteroatoms. The van der Waals surface area contributed by atoms with E-state index in [0.717, 1.165) is 48.0 Å². The van der Waals surface area contributed by atoms with Crippen molar-refractivity contribution in [1.82, 2.24) is 24.6 Å². The fraction of sp³-hybridized carbons (Fsp3) is 0.588. The summed E-state index contributed by atoms with van der Waals surface area (Å²) in [4.78, 5) is 7.56. The van der Waals surface area contributed by atoms with E-state index in [4.69, 9.17) is 4.74 Å². The Kier molecular flexibility index (Phi) is 2.95. The maximum absolute atomic E-state index is 6.13. The minimum absolute atomic E-state index is 0.367. The van der Waals surface area contributed by atoms with Crippen molar-refractivity contribution in [3.63, 3.8) is 0 Å². The number of rotatable bonds is 4. The van der Waals surface area contributed by atoms with Crippen molar-refractivity contribution in [3.8, 4) is 0 Å². The second-order valence-corrected chi connectivity index (χ2v) is 7.18. The molecule has 3 unspecified atom stereocenters. The first-order valence-electron chi connectivity index (χ1n) is 8.58. The van der Waals surface area contributed by atoms with Crippen LogP contribution in [0.15, 0.2) is 18.5 Å². The predicted molar refractivity (Wildman–Crippen MR) is 86.2 cm³/mol. The van der Waals surface area contributed by atoms with Crippen LogP contribution in [0.4, 0.5) is 0 Å². The first-order chi connectivity index (χ1) is 11.3. The zero-order chi connectivity index (χ0) is 15.4. The highest BCUT2D eigenvalue weighted by Gasteiger charge is 2.37. The van der Waals surface area contributed by atoms with Crippen LogP contribution in [0.25, 0.3) is 16.8 Å². The van der Waals surface area contributed by atoms with Crippen LogP contribution in [0.1, 0.15) is 44.3 Å². The van der Waals surface area contributed by atoms with E-state index in [1.807, 2.05) is 12.3 Å². The number of H-pyrrole nitrogens is 1. The molecule has 3 atom stereocenters. The molecular formula is C17H21N5O. The number of hydrogen-bond donors (Lipinski definition) is 1. The second kappa shape index (κ2) is 5.03. The lowest BCUT2D eigenvalue weighted by Gasteiger charge is -2.13. The van der Waals surface area contributed by atoms with Gasteiger partial charge in [0.25, 0.3) is 0 Å². The van der Waals surface area contributed by atoms with Gasteiger partial charge in [0.1, 0.15) is 5.82 Å². The van der Waals surface area contributed by atoms with Crippen molar-refractivity contribution in [2.75, 3.05) is 6.61 Å². The summed E-state index contributed by atoms with van der Waals surface area (Å²) >= 11 is 0. The Balaban J connectivity index is 1.48. The number of nitrogens with one attached hydrogen (secondary N) is 1. The summed E-state index contributed by atoms with van der Waals surface area (Å²) in [6, 6.07) is 2.04. The number of hydrogen-bond acceptors (Lipinski definition) is 4. The molecule has 23 heavy (non-hydrogen) atoms. The van der Waals surface area contributed by atoms with Gasteiger partial charge in [0.05, 0.1) is 17.8 Å². The molecule has 2 aliphatic rings. The van der Waals surface area contributed by atoms with E-state index in [9.17, 15) is 0 Å². The van der Waals surface area contributed by atoms with Gasteiger partial charge < -0.3 is 9.72 Å². The number of aromatic nitrogens is 5. The van der Waals surface area contributed by atoms with E-state index < -0.39 is 0 Å². The summed E-state index contributed by atoms with van der Waals surface area (Å²) in [6.45, 7) is 3.25.